The summed E-state index contributed by atoms with van der Waals surface area (Å²) in [6.45, 7) is -0.287. The van der Waals surface area contributed by atoms with Gasteiger partial charge in [0.2, 0.25) is 0 Å². The van der Waals surface area contributed by atoms with Gasteiger partial charge in [-0.15, -0.1) is 0 Å². The van der Waals surface area contributed by atoms with Crippen LogP contribution in [0.4, 0.5) is 18.9 Å². The van der Waals surface area contributed by atoms with Gasteiger partial charge in [0.1, 0.15) is 5.75 Å². The first-order chi connectivity index (χ1) is 8.83. The minimum atomic E-state index is -4.24. The maximum Gasteiger partial charge on any atom is 0.389 e. The molecule has 2 N–H and O–H groups in total. The summed E-state index contributed by atoms with van der Waals surface area (Å²) in [7, 11) is 1.43. The molecule has 19 heavy (non-hydrogen) atoms. The van der Waals surface area contributed by atoms with Crippen LogP contribution in [0, 0.1) is 0 Å². The van der Waals surface area contributed by atoms with E-state index in [0.717, 1.165) is 0 Å². The van der Waals surface area contributed by atoms with Crippen molar-refractivity contribution in [3.8, 4) is 5.75 Å². The molecule has 0 bridgehead atoms. The largest absolute Gasteiger partial charge is 0.495 e. The van der Waals surface area contributed by atoms with E-state index in [1.54, 1.807) is 0 Å². The molecule has 4 nitrogen and oxygen atoms in total. The molecule has 0 aliphatic carbocycles. The quantitative estimate of drug-likeness (QED) is 0.510. The molecule has 0 aromatic heterocycles. The maximum absolute atomic E-state index is 11.9. The van der Waals surface area contributed by atoms with Crippen LogP contribution in [-0.4, -0.2) is 25.9 Å². The molecule has 7 heteroatoms. The van der Waals surface area contributed by atoms with Gasteiger partial charge in [-0.05, 0) is 24.6 Å². The average Bonchev–Trinajstić information content (AvgIpc) is 2.33. The van der Waals surface area contributed by atoms with Crippen molar-refractivity contribution in [2.24, 2.45) is 0 Å². The van der Waals surface area contributed by atoms with Gasteiger partial charge in [-0.25, -0.2) is 4.79 Å². The van der Waals surface area contributed by atoms with Crippen molar-refractivity contribution in [2.45, 2.75) is 19.0 Å². The zero-order chi connectivity index (χ0) is 14.5. The molecule has 1 aromatic rings. The zero-order valence-corrected chi connectivity index (χ0v) is 10.3. The van der Waals surface area contributed by atoms with E-state index < -0.39 is 18.6 Å². The fourth-order valence-electron chi connectivity index (χ4n) is 1.38. The lowest BCUT2D eigenvalue weighted by Crippen LogP contribution is -2.11. The fourth-order valence-corrected chi connectivity index (χ4v) is 1.38. The van der Waals surface area contributed by atoms with Gasteiger partial charge in [-0.3, -0.25) is 0 Å². The van der Waals surface area contributed by atoms with E-state index in [-0.39, 0.29) is 24.3 Å². The molecule has 1 aromatic carbocycles. The van der Waals surface area contributed by atoms with E-state index >= 15 is 0 Å². The summed E-state index contributed by atoms with van der Waals surface area (Å²) in [6.07, 6.45) is -5.48. The van der Waals surface area contributed by atoms with E-state index in [0.29, 0.717) is 5.75 Å². The van der Waals surface area contributed by atoms with Gasteiger partial charge < -0.3 is 15.2 Å². The third-order valence-corrected chi connectivity index (χ3v) is 2.30. The van der Waals surface area contributed by atoms with Gasteiger partial charge in [0.25, 0.3) is 0 Å². The molecule has 0 saturated carbocycles. The maximum atomic E-state index is 11.9. The molecule has 0 aliphatic heterocycles. The Labute approximate surface area is 108 Å². The Bertz CT molecular complexity index is 446. The summed E-state index contributed by atoms with van der Waals surface area (Å²) < 4.78 is 45.2. The summed E-state index contributed by atoms with van der Waals surface area (Å²) >= 11 is 0. The second kappa shape index (κ2) is 6.31. The molecule has 0 saturated heterocycles. The van der Waals surface area contributed by atoms with Crippen LogP contribution >= 0.6 is 0 Å². The Morgan fingerprint density at radius 1 is 1.37 bits per heavy atom. The Kier molecular flexibility index (Phi) is 5.02. The highest BCUT2D eigenvalue weighted by Crippen LogP contribution is 2.23. The smallest absolute Gasteiger partial charge is 0.389 e. The van der Waals surface area contributed by atoms with Gasteiger partial charge in [0, 0.05) is 6.42 Å². The van der Waals surface area contributed by atoms with Crippen molar-refractivity contribution >= 4 is 11.7 Å². The number of nitrogens with two attached hydrogens (primary N) is 1. The van der Waals surface area contributed by atoms with Crippen molar-refractivity contribution in [1.82, 2.24) is 0 Å². The Morgan fingerprint density at radius 2 is 2.05 bits per heavy atom. The number of anilines is 1. The number of methoxy groups -OCH3 is 1. The van der Waals surface area contributed by atoms with Crippen LogP contribution in [0.25, 0.3) is 0 Å². The van der Waals surface area contributed by atoms with Crippen molar-refractivity contribution in [2.75, 3.05) is 19.5 Å². The number of hydrogen-bond acceptors (Lipinski definition) is 4. The fraction of sp³-hybridized carbons (Fsp3) is 0.417. The second-order valence-corrected chi connectivity index (χ2v) is 3.81. The number of benzene rings is 1. The minimum absolute atomic E-state index is 0.172. The number of esters is 1. The van der Waals surface area contributed by atoms with Crippen LogP contribution in [-0.2, 0) is 4.74 Å². The number of carbonyl (C=O) groups excluding carboxylic acids is 1. The summed E-state index contributed by atoms with van der Waals surface area (Å²) in [5.41, 5.74) is 6.03. The van der Waals surface area contributed by atoms with E-state index in [1.807, 2.05) is 0 Å². The Balaban J connectivity index is 2.48. The molecule has 0 radical (unpaired) electrons. The molecule has 1 rings (SSSR count). The lowest BCUT2D eigenvalue weighted by atomic mass is 10.2. The Hall–Kier alpha value is -1.92. The number of rotatable bonds is 5. The number of alkyl halides is 3. The van der Waals surface area contributed by atoms with E-state index in [2.05, 4.69) is 0 Å². The topological polar surface area (TPSA) is 61.5 Å². The summed E-state index contributed by atoms with van der Waals surface area (Å²) in [4.78, 5) is 11.5. The van der Waals surface area contributed by atoms with Crippen molar-refractivity contribution in [3.63, 3.8) is 0 Å². The van der Waals surface area contributed by atoms with E-state index in [9.17, 15) is 18.0 Å². The number of carbonyl (C=O) groups is 1. The SMILES string of the molecule is COc1ccc(C(=O)OCCCC(F)(F)F)cc1N. The predicted molar refractivity (Wildman–Crippen MR) is 63.0 cm³/mol. The van der Waals surface area contributed by atoms with E-state index in [1.165, 1.54) is 25.3 Å². The van der Waals surface area contributed by atoms with Gasteiger partial charge in [-0.2, -0.15) is 13.2 Å². The normalized spacial score (nSPS) is 11.2. The number of halogens is 3. The first-order valence-corrected chi connectivity index (χ1v) is 5.51. The number of nitrogen functional groups attached to an aromatic ring is 1. The number of hydrogen-bond donors (Lipinski definition) is 1. The third kappa shape index (κ3) is 5.07. The summed E-state index contributed by atoms with van der Waals surface area (Å²) in [5.74, 6) is -0.301. The molecular formula is C12H14F3NO3. The van der Waals surface area contributed by atoms with Gasteiger partial charge in [0.05, 0.1) is 25.0 Å². The lowest BCUT2D eigenvalue weighted by molar-refractivity contribution is -0.137. The standard InChI is InChI=1S/C12H14F3NO3/c1-18-10-4-3-8(7-9(10)16)11(17)19-6-2-5-12(13,14)15/h3-4,7H,2,5-6,16H2,1H3. The lowest BCUT2D eigenvalue weighted by Gasteiger charge is -2.08. The highest BCUT2D eigenvalue weighted by molar-refractivity contribution is 5.91. The van der Waals surface area contributed by atoms with Crippen LogP contribution in [0.2, 0.25) is 0 Å². The van der Waals surface area contributed by atoms with Crippen LogP contribution in [0.3, 0.4) is 0 Å². The van der Waals surface area contributed by atoms with E-state index in [4.69, 9.17) is 15.2 Å². The van der Waals surface area contributed by atoms with Crippen LogP contribution < -0.4 is 10.5 Å². The van der Waals surface area contributed by atoms with Gasteiger partial charge in [0.15, 0.2) is 0 Å². The summed E-state index contributed by atoms with van der Waals surface area (Å²) in [5, 5.41) is 0. The van der Waals surface area contributed by atoms with Gasteiger partial charge >= 0.3 is 12.1 Å². The second-order valence-electron chi connectivity index (χ2n) is 3.81. The Morgan fingerprint density at radius 3 is 2.58 bits per heavy atom. The third-order valence-electron chi connectivity index (χ3n) is 2.30. The van der Waals surface area contributed by atoms with Crippen LogP contribution in [0.5, 0.6) is 5.75 Å². The monoisotopic (exact) mass is 277 g/mol. The van der Waals surface area contributed by atoms with Crippen LogP contribution in [0.1, 0.15) is 23.2 Å². The molecule has 0 amide bonds. The van der Waals surface area contributed by atoms with Crippen molar-refractivity contribution < 1.29 is 27.4 Å². The first kappa shape index (κ1) is 15.1. The molecule has 0 unspecified atom stereocenters. The van der Waals surface area contributed by atoms with Crippen molar-refractivity contribution in [3.05, 3.63) is 23.8 Å². The van der Waals surface area contributed by atoms with Crippen molar-refractivity contribution in [1.29, 1.82) is 0 Å². The molecular weight excluding hydrogens is 263 g/mol. The predicted octanol–water partition coefficient (Wildman–Crippen LogP) is 2.78. The molecule has 0 heterocycles. The molecule has 106 valence electrons. The first-order valence-electron chi connectivity index (χ1n) is 5.51. The highest BCUT2D eigenvalue weighted by atomic mass is 19.4. The molecule has 0 aliphatic rings. The number of ether oxygens (including phenoxy) is 2. The van der Waals surface area contributed by atoms with Gasteiger partial charge in [-0.1, -0.05) is 0 Å². The minimum Gasteiger partial charge on any atom is -0.495 e. The zero-order valence-electron chi connectivity index (χ0n) is 10.3. The highest BCUT2D eigenvalue weighted by Gasteiger charge is 2.26. The molecule has 0 fully saturated rings. The average molecular weight is 277 g/mol. The summed E-state index contributed by atoms with van der Waals surface area (Å²) in [6, 6.07) is 4.27. The molecule has 0 spiro atoms. The molecule has 0 atom stereocenters. The van der Waals surface area contributed by atoms with Crippen LogP contribution in [0.15, 0.2) is 18.2 Å².